The third kappa shape index (κ3) is 4.74. The van der Waals surface area contributed by atoms with E-state index in [1.165, 1.54) is 30.4 Å². The molecule has 0 aromatic heterocycles. The number of nitrogens with one attached hydrogen (secondary N) is 1. The Labute approximate surface area is 128 Å². The average molecular weight is 288 g/mol. The van der Waals surface area contributed by atoms with Crippen LogP contribution in [0.1, 0.15) is 37.8 Å². The molecule has 0 saturated carbocycles. The summed E-state index contributed by atoms with van der Waals surface area (Å²) in [6.07, 6.45) is 4.72. The fourth-order valence-electron chi connectivity index (χ4n) is 2.87. The predicted octanol–water partition coefficient (Wildman–Crippen LogP) is 2.63. The molecule has 2 rings (SSSR count). The van der Waals surface area contributed by atoms with Crippen molar-refractivity contribution in [1.29, 1.82) is 0 Å². The molecule has 0 spiro atoms. The molecule has 0 saturated heterocycles. The first kappa shape index (κ1) is 15.8. The number of benzene rings is 1. The van der Waals surface area contributed by atoms with E-state index in [1.54, 1.807) is 0 Å². The lowest BCUT2D eigenvalue weighted by atomic mass is 10.1. The minimum absolute atomic E-state index is 0.521. The standard InChI is InChI=1S/C17H28N4/c1-3-21(4-2)12-6-11-19-17(18)20-16-10-9-14-7-5-8-15(14)13-16/h9-10,13H,3-8,11-12H2,1-2H3,(H3,18,19,20). The number of nitrogens with zero attached hydrogens (tertiary/aromatic N) is 2. The lowest BCUT2D eigenvalue weighted by Crippen LogP contribution is -2.26. The van der Waals surface area contributed by atoms with Crippen molar-refractivity contribution in [2.24, 2.45) is 10.7 Å². The van der Waals surface area contributed by atoms with Gasteiger partial charge in [0.05, 0.1) is 0 Å². The molecular weight excluding hydrogens is 260 g/mol. The molecule has 1 aromatic rings. The second-order valence-electron chi connectivity index (χ2n) is 5.61. The molecule has 3 N–H and O–H groups in total. The molecule has 0 amide bonds. The molecule has 0 aliphatic heterocycles. The Bertz CT molecular complexity index is 478. The van der Waals surface area contributed by atoms with E-state index >= 15 is 0 Å². The number of hydrogen-bond donors (Lipinski definition) is 2. The smallest absolute Gasteiger partial charge is 0.193 e. The van der Waals surface area contributed by atoms with Gasteiger partial charge in [0.15, 0.2) is 5.96 Å². The SMILES string of the molecule is CCN(CC)CCCN=C(N)Nc1ccc2c(c1)CCC2. The number of hydrogen-bond acceptors (Lipinski definition) is 2. The quantitative estimate of drug-likeness (QED) is 0.461. The van der Waals surface area contributed by atoms with Crippen LogP contribution in [0.2, 0.25) is 0 Å². The molecule has 0 radical (unpaired) electrons. The molecule has 1 aromatic carbocycles. The summed E-state index contributed by atoms with van der Waals surface area (Å²) in [5, 5.41) is 3.20. The summed E-state index contributed by atoms with van der Waals surface area (Å²) in [4.78, 5) is 6.81. The molecule has 1 aliphatic carbocycles. The summed E-state index contributed by atoms with van der Waals surface area (Å²) >= 11 is 0. The van der Waals surface area contributed by atoms with E-state index in [4.69, 9.17) is 5.73 Å². The van der Waals surface area contributed by atoms with Crippen molar-refractivity contribution >= 4 is 11.6 Å². The Hall–Kier alpha value is -1.55. The van der Waals surface area contributed by atoms with Crippen LogP contribution in [-0.4, -0.2) is 37.0 Å². The van der Waals surface area contributed by atoms with Crippen molar-refractivity contribution in [2.75, 3.05) is 31.5 Å². The van der Waals surface area contributed by atoms with E-state index < -0.39 is 0 Å². The van der Waals surface area contributed by atoms with E-state index in [2.05, 4.69) is 47.3 Å². The summed E-state index contributed by atoms with van der Waals surface area (Å²) in [6, 6.07) is 6.52. The first-order valence-electron chi connectivity index (χ1n) is 8.14. The van der Waals surface area contributed by atoms with E-state index in [0.717, 1.165) is 38.3 Å². The van der Waals surface area contributed by atoms with Crippen LogP contribution < -0.4 is 11.1 Å². The highest BCUT2D eigenvalue weighted by Crippen LogP contribution is 2.24. The zero-order valence-corrected chi connectivity index (χ0v) is 13.4. The van der Waals surface area contributed by atoms with Gasteiger partial charge in [0.25, 0.3) is 0 Å². The maximum Gasteiger partial charge on any atom is 0.193 e. The maximum absolute atomic E-state index is 5.96. The second-order valence-corrected chi connectivity index (χ2v) is 5.61. The van der Waals surface area contributed by atoms with E-state index in [0.29, 0.717) is 5.96 Å². The maximum atomic E-state index is 5.96. The van der Waals surface area contributed by atoms with Crippen molar-refractivity contribution in [3.05, 3.63) is 29.3 Å². The molecule has 0 fully saturated rings. The van der Waals surface area contributed by atoms with Crippen LogP contribution in [0, 0.1) is 0 Å². The lowest BCUT2D eigenvalue weighted by molar-refractivity contribution is 0.302. The Morgan fingerprint density at radius 2 is 2.00 bits per heavy atom. The van der Waals surface area contributed by atoms with Crippen LogP contribution in [0.25, 0.3) is 0 Å². The summed E-state index contributed by atoms with van der Waals surface area (Å²) in [6.45, 7) is 8.45. The summed E-state index contributed by atoms with van der Waals surface area (Å²) < 4.78 is 0. The van der Waals surface area contributed by atoms with E-state index in [-0.39, 0.29) is 0 Å². The third-order valence-corrected chi connectivity index (χ3v) is 4.18. The zero-order valence-electron chi connectivity index (χ0n) is 13.4. The van der Waals surface area contributed by atoms with Crippen LogP contribution >= 0.6 is 0 Å². The van der Waals surface area contributed by atoms with E-state index in [1.807, 2.05) is 0 Å². The first-order valence-corrected chi connectivity index (χ1v) is 8.14. The molecule has 116 valence electrons. The van der Waals surface area contributed by atoms with Crippen molar-refractivity contribution in [3.8, 4) is 0 Å². The van der Waals surface area contributed by atoms with E-state index in [9.17, 15) is 0 Å². The highest BCUT2D eigenvalue weighted by atomic mass is 15.1. The van der Waals surface area contributed by atoms with Crippen LogP contribution in [-0.2, 0) is 12.8 Å². The Kier molecular flexibility index (Phi) is 6.05. The molecule has 4 heteroatoms. The normalized spacial score (nSPS) is 14.5. The van der Waals surface area contributed by atoms with Crippen LogP contribution in [0.5, 0.6) is 0 Å². The van der Waals surface area contributed by atoms with Gasteiger partial charge in [-0.2, -0.15) is 0 Å². The van der Waals surface area contributed by atoms with Crippen LogP contribution in [0.15, 0.2) is 23.2 Å². The first-order chi connectivity index (χ1) is 10.2. The van der Waals surface area contributed by atoms with Crippen LogP contribution in [0.3, 0.4) is 0 Å². The van der Waals surface area contributed by atoms with Gasteiger partial charge >= 0.3 is 0 Å². The molecule has 0 unspecified atom stereocenters. The van der Waals surface area contributed by atoms with Crippen molar-refractivity contribution < 1.29 is 0 Å². The summed E-state index contributed by atoms with van der Waals surface area (Å²) in [7, 11) is 0. The number of anilines is 1. The molecule has 21 heavy (non-hydrogen) atoms. The molecule has 1 aliphatic rings. The minimum atomic E-state index is 0.521. The van der Waals surface area contributed by atoms with Gasteiger partial charge < -0.3 is 16.0 Å². The number of fused-ring (bicyclic) bond motifs is 1. The third-order valence-electron chi connectivity index (χ3n) is 4.18. The number of nitrogens with two attached hydrogens (primary N) is 1. The van der Waals surface area contributed by atoms with Gasteiger partial charge in [0.2, 0.25) is 0 Å². The van der Waals surface area contributed by atoms with Gasteiger partial charge in [-0.05, 0) is 68.6 Å². The predicted molar refractivity (Wildman–Crippen MR) is 91.0 cm³/mol. The number of rotatable bonds is 7. The van der Waals surface area contributed by atoms with Gasteiger partial charge in [0, 0.05) is 12.2 Å². The van der Waals surface area contributed by atoms with Crippen molar-refractivity contribution in [3.63, 3.8) is 0 Å². The van der Waals surface area contributed by atoms with Gasteiger partial charge in [-0.3, -0.25) is 4.99 Å². The fourth-order valence-corrected chi connectivity index (χ4v) is 2.87. The Morgan fingerprint density at radius 1 is 1.24 bits per heavy atom. The highest BCUT2D eigenvalue weighted by molar-refractivity contribution is 5.92. The summed E-state index contributed by atoms with van der Waals surface area (Å²) in [5.74, 6) is 0.521. The minimum Gasteiger partial charge on any atom is -0.370 e. The number of aryl methyl sites for hydroxylation is 2. The zero-order chi connectivity index (χ0) is 15.1. The Morgan fingerprint density at radius 3 is 2.76 bits per heavy atom. The van der Waals surface area contributed by atoms with Gasteiger partial charge in [0.1, 0.15) is 0 Å². The molecule has 0 heterocycles. The molecule has 4 nitrogen and oxygen atoms in total. The second kappa shape index (κ2) is 8.03. The number of guanidine groups is 1. The Balaban J connectivity index is 1.78. The highest BCUT2D eigenvalue weighted by Gasteiger charge is 2.10. The monoisotopic (exact) mass is 288 g/mol. The molecule has 0 atom stereocenters. The largest absolute Gasteiger partial charge is 0.370 e. The summed E-state index contributed by atoms with van der Waals surface area (Å²) in [5.41, 5.74) is 9.95. The van der Waals surface area contributed by atoms with Crippen molar-refractivity contribution in [1.82, 2.24) is 4.90 Å². The van der Waals surface area contributed by atoms with Gasteiger partial charge in [-0.25, -0.2) is 0 Å². The fraction of sp³-hybridized carbons (Fsp3) is 0.588. The lowest BCUT2D eigenvalue weighted by Gasteiger charge is -2.16. The van der Waals surface area contributed by atoms with Gasteiger partial charge in [-0.15, -0.1) is 0 Å². The molecular formula is C17H28N4. The molecule has 0 bridgehead atoms. The number of aliphatic imine (C=N–C) groups is 1. The van der Waals surface area contributed by atoms with Crippen molar-refractivity contribution in [2.45, 2.75) is 39.5 Å². The van der Waals surface area contributed by atoms with Gasteiger partial charge in [-0.1, -0.05) is 19.9 Å². The average Bonchev–Trinajstić information content (AvgIpc) is 2.95. The van der Waals surface area contributed by atoms with Crippen LogP contribution in [0.4, 0.5) is 5.69 Å². The topological polar surface area (TPSA) is 53.6 Å².